The highest BCUT2D eigenvalue weighted by atomic mass is 16.2. The number of aromatic nitrogens is 2. The molecule has 1 unspecified atom stereocenters. The Morgan fingerprint density at radius 1 is 1.29 bits per heavy atom. The molecule has 2 N–H and O–H groups in total. The Labute approximate surface area is 142 Å². The molecule has 5 nitrogen and oxygen atoms in total. The molecule has 0 saturated heterocycles. The summed E-state index contributed by atoms with van der Waals surface area (Å²) in [7, 11) is 2.08. The van der Waals surface area contributed by atoms with E-state index >= 15 is 0 Å². The fourth-order valence-electron chi connectivity index (χ4n) is 4.03. The van der Waals surface area contributed by atoms with Crippen LogP contribution in [0.1, 0.15) is 52.4 Å². The van der Waals surface area contributed by atoms with Crippen molar-refractivity contribution in [2.24, 2.45) is 0 Å². The van der Waals surface area contributed by atoms with E-state index in [1.54, 1.807) is 0 Å². The van der Waals surface area contributed by atoms with Gasteiger partial charge in [0.15, 0.2) is 0 Å². The van der Waals surface area contributed by atoms with E-state index in [1.807, 2.05) is 0 Å². The Kier molecular flexibility index (Phi) is 3.59. The lowest BCUT2D eigenvalue weighted by molar-refractivity contribution is 0.0858. The Morgan fingerprint density at radius 3 is 2.88 bits per heavy atom. The van der Waals surface area contributed by atoms with Gasteiger partial charge in [-0.25, -0.2) is 0 Å². The van der Waals surface area contributed by atoms with Crippen molar-refractivity contribution in [3.63, 3.8) is 0 Å². The summed E-state index contributed by atoms with van der Waals surface area (Å²) in [5.41, 5.74) is 11.8. The summed E-state index contributed by atoms with van der Waals surface area (Å²) in [5, 5.41) is 4.56. The molecule has 1 aromatic carbocycles. The number of benzene rings is 1. The van der Waals surface area contributed by atoms with Crippen LogP contribution in [0, 0.1) is 6.92 Å². The van der Waals surface area contributed by atoms with Gasteiger partial charge in [-0.2, -0.15) is 9.78 Å². The lowest BCUT2D eigenvalue weighted by atomic mass is 9.88. The van der Waals surface area contributed by atoms with E-state index < -0.39 is 0 Å². The number of aryl methyl sites for hydroxylation is 2. The fraction of sp³-hybridized carbons (Fsp3) is 0.474. The first kappa shape index (κ1) is 15.2. The van der Waals surface area contributed by atoms with Crippen LogP contribution in [0.25, 0.3) is 0 Å². The minimum Gasteiger partial charge on any atom is -0.383 e. The molecule has 2 heterocycles. The van der Waals surface area contributed by atoms with Gasteiger partial charge in [0.05, 0.1) is 11.6 Å². The van der Waals surface area contributed by atoms with Gasteiger partial charge in [0.1, 0.15) is 5.82 Å². The molecule has 126 valence electrons. The van der Waals surface area contributed by atoms with E-state index in [4.69, 9.17) is 5.73 Å². The van der Waals surface area contributed by atoms with E-state index in [2.05, 4.69) is 42.2 Å². The lowest BCUT2D eigenvalue weighted by Gasteiger charge is -2.32. The van der Waals surface area contributed by atoms with Crippen LogP contribution in [0.2, 0.25) is 0 Å². The van der Waals surface area contributed by atoms with Crippen molar-refractivity contribution in [1.82, 2.24) is 9.78 Å². The van der Waals surface area contributed by atoms with Crippen molar-refractivity contribution in [3.05, 3.63) is 40.6 Å². The van der Waals surface area contributed by atoms with Gasteiger partial charge in [0.25, 0.3) is 5.91 Å². The number of nitrogens with two attached hydrogens (primary N) is 1. The van der Waals surface area contributed by atoms with Crippen molar-refractivity contribution in [1.29, 1.82) is 0 Å². The SMILES string of the molecule is Cc1ccc2c(c1)N(C)CCC2C(=O)n1nc2c(c1N)CCCC2. The molecule has 2 aromatic rings. The zero-order valence-corrected chi connectivity index (χ0v) is 14.4. The molecule has 0 bridgehead atoms. The van der Waals surface area contributed by atoms with Crippen LogP contribution in [0.5, 0.6) is 0 Å². The molecule has 24 heavy (non-hydrogen) atoms. The van der Waals surface area contributed by atoms with Crippen LogP contribution in [-0.4, -0.2) is 29.3 Å². The third-order valence-corrected chi connectivity index (χ3v) is 5.43. The lowest BCUT2D eigenvalue weighted by Crippen LogP contribution is -2.33. The third-order valence-electron chi connectivity index (χ3n) is 5.43. The first-order valence-electron chi connectivity index (χ1n) is 8.78. The van der Waals surface area contributed by atoms with Gasteiger partial charge in [-0.3, -0.25) is 4.79 Å². The van der Waals surface area contributed by atoms with E-state index in [1.165, 1.54) is 10.2 Å². The van der Waals surface area contributed by atoms with Crippen molar-refractivity contribution in [2.45, 2.75) is 44.9 Å². The van der Waals surface area contributed by atoms with Crippen LogP contribution < -0.4 is 10.6 Å². The summed E-state index contributed by atoms with van der Waals surface area (Å²) in [5.74, 6) is 0.405. The number of carbonyl (C=O) groups excluding carboxylic acids is 1. The third kappa shape index (κ3) is 2.30. The van der Waals surface area contributed by atoms with Crippen LogP contribution >= 0.6 is 0 Å². The van der Waals surface area contributed by atoms with Gasteiger partial charge in [-0.1, -0.05) is 12.1 Å². The second-order valence-corrected chi connectivity index (χ2v) is 7.09. The molecule has 1 aliphatic carbocycles. The second kappa shape index (κ2) is 5.65. The van der Waals surface area contributed by atoms with Crippen LogP contribution in [0.4, 0.5) is 11.5 Å². The quantitative estimate of drug-likeness (QED) is 0.876. The number of hydrogen-bond donors (Lipinski definition) is 1. The molecule has 0 radical (unpaired) electrons. The second-order valence-electron chi connectivity index (χ2n) is 7.09. The number of hydrogen-bond acceptors (Lipinski definition) is 4. The number of nitrogen functional groups attached to an aromatic ring is 1. The molecular formula is C19H24N4O. The Bertz CT molecular complexity index is 808. The van der Waals surface area contributed by atoms with Crippen molar-refractivity contribution < 1.29 is 4.79 Å². The van der Waals surface area contributed by atoms with E-state index in [0.717, 1.165) is 61.2 Å². The number of fused-ring (bicyclic) bond motifs is 2. The van der Waals surface area contributed by atoms with Gasteiger partial charge in [-0.15, -0.1) is 0 Å². The molecule has 0 fully saturated rings. The smallest absolute Gasteiger partial charge is 0.256 e. The monoisotopic (exact) mass is 324 g/mol. The first-order chi connectivity index (χ1) is 11.6. The van der Waals surface area contributed by atoms with Gasteiger partial charge >= 0.3 is 0 Å². The molecule has 1 aromatic heterocycles. The maximum atomic E-state index is 13.2. The highest BCUT2D eigenvalue weighted by Gasteiger charge is 2.32. The van der Waals surface area contributed by atoms with E-state index in [9.17, 15) is 4.79 Å². The summed E-state index contributed by atoms with van der Waals surface area (Å²) in [6, 6.07) is 6.32. The fourth-order valence-corrected chi connectivity index (χ4v) is 4.03. The Balaban J connectivity index is 1.74. The summed E-state index contributed by atoms with van der Waals surface area (Å²) in [6.45, 7) is 2.95. The normalized spacial score (nSPS) is 19.8. The predicted octanol–water partition coefficient (Wildman–Crippen LogP) is 2.92. The molecule has 0 amide bonds. The summed E-state index contributed by atoms with van der Waals surface area (Å²) < 4.78 is 1.48. The van der Waals surface area contributed by atoms with Gasteiger partial charge in [0, 0.05) is 24.8 Å². The molecule has 1 atom stereocenters. The van der Waals surface area contributed by atoms with E-state index in [0.29, 0.717) is 5.82 Å². The number of rotatable bonds is 1. The van der Waals surface area contributed by atoms with Crippen LogP contribution in [0.3, 0.4) is 0 Å². The molecule has 0 saturated carbocycles. The molecular weight excluding hydrogens is 300 g/mol. The van der Waals surface area contributed by atoms with Crippen LogP contribution in [0.15, 0.2) is 18.2 Å². The minimum atomic E-state index is -0.166. The average molecular weight is 324 g/mol. The van der Waals surface area contributed by atoms with Gasteiger partial charge in [-0.05, 0) is 56.2 Å². The van der Waals surface area contributed by atoms with Crippen LogP contribution in [-0.2, 0) is 12.8 Å². The average Bonchev–Trinajstić information content (AvgIpc) is 2.92. The minimum absolute atomic E-state index is 0.0140. The zero-order chi connectivity index (χ0) is 16.8. The maximum absolute atomic E-state index is 13.2. The van der Waals surface area contributed by atoms with E-state index in [-0.39, 0.29) is 11.8 Å². The molecule has 4 rings (SSSR count). The maximum Gasteiger partial charge on any atom is 0.256 e. The highest BCUT2D eigenvalue weighted by Crippen LogP contribution is 2.37. The van der Waals surface area contributed by atoms with Crippen molar-refractivity contribution in [3.8, 4) is 0 Å². The first-order valence-corrected chi connectivity index (χ1v) is 8.78. The highest BCUT2D eigenvalue weighted by molar-refractivity contribution is 5.90. The summed E-state index contributed by atoms with van der Waals surface area (Å²) >= 11 is 0. The topological polar surface area (TPSA) is 64.2 Å². The van der Waals surface area contributed by atoms with Crippen molar-refractivity contribution >= 4 is 17.4 Å². The predicted molar refractivity (Wildman–Crippen MR) is 95.7 cm³/mol. The molecule has 2 aliphatic rings. The Morgan fingerprint density at radius 2 is 2.08 bits per heavy atom. The van der Waals surface area contributed by atoms with Crippen molar-refractivity contribution in [2.75, 3.05) is 24.2 Å². The Hall–Kier alpha value is -2.30. The zero-order valence-electron chi connectivity index (χ0n) is 14.4. The number of anilines is 2. The largest absolute Gasteiger partial charge is 0.383 e. The summed E-state index contributed by atoms with van der Waals surface area (Å²) in [4.78, 5) is 15.4. The standard InChI is InChI=1S/C19H24N4O/c1-12-7-8-13-14(9-10-22(2)17(13)11-12)19(24)23-18(20)15-5-3-4-6-16(15)21-23/h7-8,11,14H,3-6,9-10,20H2,1-2H3. The van der Waals surface area contributed by atoms with Gasteiger partial charge < -0.3 is 10.6 Å². The number of carbonyl (C=O) groups is 1. The number of nitrogens with zero attached hydrogens (tertiary/aromatic N) is 3. The molecule has 1 aliphatic heterocycles. The summed E-state index contributed by atoms with van der Waals surface area (Å²) in [6.07, 6.45) is 4.94. The van der Waals surface area contributed by atoms with Gasteiger partial charge in [0.2, 0.25) is 0 Å². The molecule has 5 heteroatoms. The molecule has 0 spiro atoms.